The number of rotatable bonds is 7. The minimum atomic E-state index is -0.0903. The Labute approximate surface area is 184 Å². The fraction of sp³-hybridized carbons (Fsp3) is 0.370. The predicted molar refractivity (Wildman–Crippen MR) is 123 cm³/mol. The lowest BCUT2D eigenvalue weighted by Crippen LogP contribution is -2.27. The van der Waals surface area contributed by atoms with Crippen molar-refractivity contribution < 1.29 is 14.4 Å². The highest BCUT2D eigenvalue weighted by Crippen LogP contribution is 2.38. The average molecular weight is 416 g/mol. The Hall–Kier alpha value is -3.01. The quantitative estimate of drug-likeness (QED) is 0.336. The number of oxime groups is 1. The second-order valence-electron chi connectivity index (χ2n) is 8.27. The first-order valence-corrected chi connectivity index (χ1v) is 11.3. The largest absolute Gasteiger partial charge is 0.396 e. The lowest BCUT2D eigenvalue weighted by molar-refractivity contribution is -0.115. The summed E-state index contributed by atoms with van der Waals surface area (Å²) in [4.78, 5) is 32.2. The zero-order valence-electron chi connectivity index (χ0n) is 18.3. The number of hydrogen-bond donors (Lipinski definition) is 0. The van der Waals surface area contributed by atoms with Crippen LogP contribution in [0.1, 0.15) is 72.5 Å². The van der Waals surface area contributed by atoms with E-state index in [2.05, 4.69) is 23.4 Å². The van der Waals surface area contributed by atoms with E-state index in [-0.39, 0.29) is 17.5 Å². The van der Waals surface area contributed by atoms with Gasteiger partial charge in [0, 0.05) is 23.1 Å². The molecule has 2 aromatic carbocycles. The molecule has 0 bridgehead atoms. The molecule has 1 unspecified atom stereocenters. The van der Waals surface area contributed by atoms with Crippen molar-refractivity contribution in [3.8, 4) is 0 Å². The topological polar surface area (TPSA) is 55.7 Å². The highest BCUT2D eigenvalue weighted by molar-refractivity contribution is 6.29. The maximum absolute atomic E-state index is 13.5. The number of hydrogen-bond acceptors (Lipinski definition) is 4. The van der Waals surface area contributed by atoms with E-state index in [1.54, 1.807) is 0 Å². The number of benzene rings is 2. The average Bonchev–Trinajstić information content (AvgIpc) is 3.28. The van der Waals surface area contributed by atoms with Crippen LogP contribution in [0.15, 0.2) is 64.8 Å². The lowest BCUT2D eigenvalue weighted by Gasteiger charge is -2.27. The van der Waals surface area contributed by atoms with Gasteiger partial charge in [-0.05, 0) is 61.6 Å². The third-order valence-electron chi connectivity index (χ3n) is 6.29. The molecule has 0 heterocycles. The Kier molecular flexibility index (Phi) is 6.45. The molecule has 4 nitrogen and oxygen atoms in total. The van der Waals surface area contributed by atoms with Crippen LogP contribution in [0.3, 0.4) is 0 Å². The van der Waals surface area contributed by atoms with Gasteiger partial charge in [-0.3, -0.25) is 9.59 Å². The van der Waals surface area contributed by atoms with E-state index < -0.39 is 0 Å². The minimum absolute atomic E-state index is 0.00927. The monoisotopic (exact) mass is 415 g/mol. The highest BCUT2D eigenvalue weighted by Gasteiger charge is 2.34. The number of Topliss-reactive ketones (excluding diaryl/α,β-unsaturated/α-hetero) is 2. The molecule has 0 aromatic heterocycles. The molecular formula is C27H29NO3. The van der Waals surface area contributed by atoms with Gasteiger partial charge >= 0.3 is 0 Å². The molecule has 0 saturated heterocycles. The van der Waals surface area contributed by atoms with Crippen molar-refractivity contribution in [2.75, 3.05) is 6.61 Å². The van der Waals surface area contributed by atoms with Gasteiger partial charge in [-0.1, -0.05) is 60.6 Å². The first kappa shape index (κ1) is 21.2. The maximum Gasteiger partial charge on any atom is 0.189 e. The molecule has 4 rings (SSSR count). The van der Waals surface area contributed by atoms with E-state index in [0.717, 1.165) is 18.4 Å². The van der Waals surface area contributed by atoms with E-state index in [1.807, 2.05) is 44.2 Å². The van der Waals surface area contributed by atoms with Crippen molar-refractivity contribution in [3.05, 3.63) is 81.9 Å². The van der Waals surface area contributed by atoms with E-state index in [4.69, 9.17) is 4.84 Å². The minimum Gasteiger partial charge on any atom is -0.396 e. The molecule has 4 heteroatoms. The Balaban J connectivity index is 1.76. The normalized spacial score (nSPS) is 18.8. The number of aryl methyl sites for hydroxylation is 2. The number of fused-ring (bicyclic) bond motifs is 1. The molecule has 2 aliphatic rings. The van der Waals surface area contributed by atoms with E-state index >= 15 is 0 Å². The van der Waals surface area contributed by atoms with E-state index in [1.165, 1.54) is 17.5 Å². The number of carbonyl (C=O) groups excluding carboxylic acids is 2. The summed E-state index contributed by atoms with van der Waals surface area (Å²) in [5.41, 5.74) is 6.16. The van der Waals surface area contributed by atoms with Crippen LogP contribution in [0, 0.1) is 0 Å². The van der Waals surface area contributed by atoms with Gasteiger partial charge < -0.3 is 4.84 Å². The van der Waals surface area contributed by atoms with Crippen LogP contribution in [0.2, 0.25) is 0 Å². The fourth-order valence-electron chi connectivity index (χ4n) is 4.73. The van der Waals surface area contributed by atoms with Crippen LogP contribution in [-0.4, -0.2) is 23.9 Å². The van der Waals surface area contributed by atoms with Crippen molar-refractivity contribution >= 4 is 17.3 Å². The van der Waals surface area contributed by atoms with Crippen molar-refractivity contribution in [3.63, 3.8) is 0 Å². The number of carbonyl (C=O) groups is 2. The summed E-state index contributed by atoms with van der Waals surface area (Å²) in [6, 6.07) is 15.8. The van der Waals surface area contributed by atoms with Crippen LogP contribution in [-0.2, 0) is 22.5 Å². The fourth-order valence-corrected chi connectivity index (χ4v) is 4.73. The molecule has 31 heavy (non-hydrogen) atoms. The Morgan fingerprint density at radius 3 is 2.55 bits per heavy atom. The summed E-state index contributed by atoms with van der Waals surface area (Å²) in [5, 5.41) is 4.19. The zero-order chi connectivity index (χ0) is 21.8. The molecule has 0 spiro atoms. The molecule has 1 atom stereocenters. The highest BCUT2D eigenvalue weighted by atomic mass is 16.6. The van der Waals surface area contributed by atoms with Gasteiger partial charge in [0.1, 0.15) is 6.61 Å². The summed E-state index contributed by atoms with van der Waals surface area (Å²) in [6.07, 6.45) is 4.90. The van der Waals surface area contributed by atoms with Crippen LogP contribution in [0.4, 0.5) is 0 Å². The Morgan fingerprint density at radius 1 is 1.03 bits per heavy atom. The van der Waals surface area contributed by atoms with Crippen molar-refractivity contribution in [1.82, 2.24) is 0 Å². The predicted octanol–water partition coefficient (Wildman–Crippen LogP) is 5.60. The summed E-state index contributed by atoms with van der Waals surface area (Å²) in [6.45, 7) is 4.22. The maximum atomic E-state index is 13.5. The first-order valence-electron chi connectivity index (χ1n) is 11.3. The van der Waals surface area contributed by atoms with Crippen LogP contribution >= 0.6 is 0 Å². The van der Waals surface area contributed by atoms with E-state index in [9.17, 15) is 9.59 Å². The Bertz CT molecular complexity index is 1050. The van der Waals surface area contributed by atoms with Gasteiger partial charge in [-0.2, -0.15) is 0 Å². The molecule has 0 saturated carbocycles. The standard InChI is InChI=1S/C27H29NO3/c1-3-24(28-31-4-2)26-23(27(30)19-9-6-5-7-10-19)16-22(17-25(26)29)21-14-13-18-11-8-12-20(18)15-21/h5-7,9-10,13-15,22H,3-4,8,11-12,16-17H2,1-2H3. The lowest BCUT2D eigenvalue weighted by atomic mass is 9.75. The molecule has 0 N–H and O–H groups in total. The molecule has 0 amide bonds. The number of allylic oxidation sites excluding steroid dienone is 2. The third kappa shape index (κ3) is 4.39. The van der Waals surface area contributed by atoms with Gasteiger partial charge in [-0.25, -0.2) is 0 Å². The molecule has 0 aliphatic heterocycles. The molecular weight excluding hydrogens is 386 g/mol. The number of ketones is 2. The molecule has 0 radical (unpaired) electrons. The molecule has 2 aliphatic carbocycles. The van der Waals surface area contributed by atoms with Gasteiger partial charge in [0.2, 0.25) is 0 Å². The van der Waals surface area contributed by atoms with Crippen molar-refractivity contribution in [1.29, 1.82) is 0 Å². The Morgan fingerprint density at radius 2 is 1.81 bits per heavy atom. The second kappa shape index (κ2) is 9.42. The van der Waals surface area contributed by atoms with Crippen molar-refractivity contribution in [2.45, 2.75) is 58.3 Å². The van der Waals surface area contributed by atoms with Gasteiger partial charge in [-0.15, -0.1) is 0 Å². The number of nitrogens with zero attached hydrogens (tertiary/aromatic N) is 1. The SMILES string of the molecule is CCON=C(CC)C1=C(C(=O)c2ccccc2)CC(c2ccc3c(c2)CCC3)CC1=O. The van der Waals surface area contributed by atoms with Crippen LogP contribution in [0.25, 0.3) is 0 Å². The van der Waals surface area contributed by atoms with Gasteiger partial charge in [0.25, 0.3) is 0 Å². The van der Waals surface area contributed by atoms with Gasteiger partial charge in [0.05, 0.1) is 5.71 Å². The molecule has 0 fully saturated rings. The van der Waals surface area contributed by atoms with E-state index in [0.29, 0.717) is 48.3 Å². The summed E-state index contributed by atoms with van der Waals surface area (Å²) < 4.78 is 0. The smallest absolute Gasteiger partial charge is 0.189 e. The molecule has 160 valence electrons. The summed E-state index contributed by atoms with van der Waals surface area (Å²) in [7, 11) is 0. The van der Waals surface area contributed by atoms with Crippen molar-refractivity contribution in [2.24, 2.45) is 5.16 Å². The van der Waals surface area contributed by atoms with Crippen LogP contribution in [0.5, 0.6) is 0 Å². The van der Waals surface area contributed by atoms with Gasteiger partial charge in [0.15, 0.2) is 11.6 Å². The third-order valence-corrected chi connectivity index (χ3v) is 6.29. The zero-order valence-corrected chi connectivity index (χ0v) is 18.3. The summed E-state index contributed by atoms with van der Waals surface area (Å²) in [5.74, 6) is -0.0983. The summed E-state index contributed by atoms with van der Waals surface area (Å²) >= 11 is 0. The molecule has 2 aromatic rings. The first-order chi connectivity index (χ1) is 15.1. The van der Waals surface area contributed by atoms with Crippen LogP contribution < -0.4 is 0 Å². The second-order valence-corrected chi connectivity index (χ2v) is 8.27.